The number of rotatable bonds is 3. The summed E-state index contributed by atoms with van der Waals surface area (Å²) in [4.78, 5) is 12.2. The van der Waals surface area contributed by atoms with Crippen LogP contribution in [0.25, 0.3) is 11.0 Å². The second-order valence-corrected chi connectivity index (χ2v) is 6.00. The van der Waals surface area contributed by atoms with Crippen LogP contribution < -0.4 is 0 Å². The van der Waals surface area contributed by atoms with Crippen molar-refractivity contribution in [3.8, 4) is 6.07 Å². The van der Waals surface area contributed by atoms with E-state index in [1.165, 1.54) is 0 Å². The number of nitrogens with zero attached hydrogens (tertiary/aromatic N) is 1. The molecule has 5 heteroatoms. The Hall–Kier alpha value is -2.58. The molecule has 0 spiro atoms. The van der Waals surface area contributed by atoms with Crippen molar-refractivity contribution in [2.24, 2.45) is 0 Å². The van der Waals surface area contributed by atoms with Gasteiger partial charge in [-0.2, -0.15) is 5.26 Å². The van der Waals surface area contributed by atoms with Crippen molar-refractivity contribution in [2.45, 2.75) is 13.5 Å². The highest BCUT2D eigenvalue weighted by atomic mass is 79.9. The van der Waals surface area contributed by atoms with Crippen molar-refractivity contribution in [3.63, 3.8) is 0 Å². The number of furan rings is 1. The molecule has 0 saturated carbocycles. The Morgan fingerprint density at radius 1 is 1.26 bits per heavy atom. The summed E-state index contributed by atoms with van der Waals surface area (Å²) in [7, 11) is 0. The minimum Gasteiger partial charge on any atom is -0.455 e. The van der Waals surface area contributed by atoms with Gasteiger partial charge in [0.15, 0.2) is 0 Å². The molecule has 0 aliphatic carbocycles. The molecule has 1 aromatic heterocycles. The zero-order valence-corrected chi connectivity index (χ0v) is 13.9. The molecule has 1 heterocycles. The standard InChI is InChI=1S/C18H12BrNO3/c1-11-15-8-14(19)6-7-16(15)23-17(11)18(21)22-10-13-4-2-12(9-20)3-5-13/h2-8H,10H2,1H3. The van der Waals surface area contributed by atoms with Crippen molar-refractivity contribution >= 4 is 32.9 Å². The van der Waals surface area contributed by atoms with E-state index in [0.717, 1.165) is 21.0 Å². The maximum atomic E-state index is 12.2. The van der Waals surface area contributed by atoms with Crippen molar-refractivity contribution < 1.29 is 13.9 Å². The number of aryl methyl sites for hydroxylation is 1. The van der Waals surface area contributed by atoms with Gasteiger partial charge in [-0.15, -0.1) is 0 Å². The van der Waals surface area contributed by atoms with Crippen LogP contribution >= 0.6 is 15.9 Å². The second-order valence-electron chi connectivity index (χ2n) is 5.08. The molecule has 2 aromatic carbocycles. The third-order valence-corrected chi connectivity index (χ3v) is 4.03. The number of nitriles is 1. The van der Waals surface area contributed by atoms with Gasteiger partial charge in [-0.1, -0.05) is 28.1 Å². The van der Waals surface area contributed by atoms with Crippen molar-refractivity contribution in [3.05, 3.63) is 69.4 Å². The van der Waals surface area contributed by atoms with E-state index in [2.05, 4.69) is 15.9 Å². The topological polar surface area (TPSA) is 63.2 Å². The van der Waals surface area contributed by atoms with Gasteiger partial charge < -0.3 is 9.15 Å². The average molecular weight is 370 g/mol. The highest BCUT2D eigenvalue weighted by Gasteiger charge is 2.19. The number of hydrogen-bond acceptors (Lipinski definition) is 4. The number of esters is 1. The predicted molar refractivity (Wildman–Crippen MR) is 88.9 cm³/mol. The van der Waals surface area contributed by atoms with E-state index < -0.39 is 5.97 Å². The van der Waals surface area contributed by atoms with Crippen molar-refractivity contribution in [1.82, 2.24) is 0 Å². The van der Waals surface area contributed by atoms with E-state index in [9.17, 15) is 4.79 Å². The fraction of sp³-hybridized carbons (Fsp3) is 0.111. The number of carbonyl (C=O) groups excluding carboxylic acids is 1. The Bertz CT molecular complexity index is 920. The lowest BCUT2D eigenvalue weighted by molar-refractivity contribution is 0.0437. The summed E-state index contributed by atoms with van der Waals surface area (Å²) in [6.07, 6.45) is 0. The SMILES string of the molecule is Cc1c(C(=O)OCc2ccc(C#N)cc2)oc2ccc(Br)cc12. The van der Waals surface area contributed by atoms with Gasteiger partial charge in [0.2, 0.25) is 5.76 Å². The fourth-order valence-corrected chi connectivity index (χ4v) is 2.64. The normalized spacial score (nSPS) is 10.5. The molecule has 0 radical (unpaired) electrons. The first-order valence-electron chi connectivity index (χ1n) is 6.93. The first kappa shape index (κ1) is 15.3. The number of benzene rings is 2. The van der Waals surface area contributed by atoms with Crippen LogP contribution in [-0.4, -0.2) is 5.97 Å². The average Bonchev–Trinajstić information content (AvgIpc) is 2.90. The summed E-state index contributed by atoms with van der Waals surface area (Å²) in [5.74, 6) is -0.286. The van der Waals surface area contributed by atoms with Gasteiger partial charge >= 0.3 is 5.97 Å². The number of carbonyl (C=O) groups is 1. The third kappa shape index (κ3) is 3.13. The lowest BCUT2D eigenvalue weighted by Gasteiger charge is -2.03. The maximum absolute atomic E-state index is 12.2. The predicted octanol–water partition coefficient (Wildman–Crippen LogP) is 4.73. The summed E-state index contributed by atoms with van der Waals surface area (Å²) >= 11 is 3.41. The summed E-state index contributed by atoms with van der Waals surface area (Å²) < 4.78 is 11.8. The Balaban J connectivity index is 1.78. The van der Waals surface area contributed by atoms with Crippen molar-refractivity contribution in [1.29, 1.82) is 5.26 Å². The zero-order chi connectivity index (χ0) is 16.4. The second kappa shape index (κ2) is 6.27. The molecule has 0 bridgehead atoms. The fourth-order valence-electron chi connectivity index (χ4n) is 2.28. The largest absolute Gasteiger partial charge is 0.455 e. The van der Waals surface area contributed by atoms with Crippen molar-refractivity contribution in [2.75, 3.05) is 0 Å². The van der Waals surface area contributed by atoms with Gasteiger partial charge in [0.1, 0.15) is 12.2 Å². The molecule has 4 nitrogen and oxygen atoms in total. The minimum absolute atomic E-state index is 0.130. The van der Waals surface area contributed by atoms with Gasteiger partial charge in [0, 0.05) is 15.4 Å². The Labute approximate surface area is 141 Å². The highest BCUT2D eigenvalue weighted by Crippen LogP contribution is 2.28. The molecule has 0 fully saturated rings. The Morgan fingerprint density at radius 3 is 2.70 bits per heavy atom. The lowest BCUT2D eigenvalue weighted by Crippen LogP contribution is -2.05. The number of ether oxygens (including phenoxy) is 1. The van der Waals surface area contributed by atoms with E-state index in [0.29, 0.717) is 11.1 Å². The first-order chi connectivity index (χ1) is 11.1. The van der Waals surface area contributed by atoms with Gasteiger partial charge in [-0.25, -0.2) is 4.79 Å². The van der Waals surface area contributed by atoms with E-state index >= 15 is 0 Å². The van der Waals surface area contributed by atoms with E-state index in [1.54, 1.807) is 24.3 Å². The van der Waals surface area contributed by atoms with Gasteiger partial charge in [-0.3, -0.25) is 0 Å². The lowest BCUT2D eigenvalue weighted by atomic mass is 10.1. The zero-order valence-electron chi connectivity index (χ0n) is 12.3. The van der Waals surface area contributed by atoms with Crippen LogP contribution in [0.1, 0.15) is 27.2 Å². The molecule has 114 valence electrons. The summed E-state index contributed by atoms with van der Waals surface area (Å²) in [5, 5.41) is 9.64. The van der Waals surface area contributed by atoms with Crippen LogP contribution in [0.15, 0.2) is 51.4 Å². The molecule has 0 N–H and O–H groups in total. The molecule has 0 amide bonds. The minimum atomic E-state index is -0.501. The summed E-state index contributed by atoms with van der Waals surface area (Å²) in [5.41, 5.74) is 2.79. The summed E-state index contributed by atoms with van der Waals surface area (Å²) in [6.45, 7) is 1.96. The third-order valence-electron chi connectivity index (χ3n) is 3.54. The number of halogens is 1. The number of hydrogen-bond donors (Lipinski definition) is 0. The maximum Gasteiger partial charge on any atom is 0.374 e. The van der Waals surface area contributed by atoms with E-state index in [4.69, 9.17) is 14.4 Å². The highest BCUT2D eigenvalue weighted by molar-refractivity contribution is 9.10. The molecule has 0 aliphatic rings. The van der Waals surface area contributed by atoms with E-state index in [1.807, 2.05) is 31.2 Å². The van der Waals surface area contributed by atoms with Gasteiger partial charge in [-0.05, 0) is 42.8 Å². The quantitative estimate of drug-likeness (QED) is 0.625. The molecule has 3 rings (SSSR count). The van der Waals surface area contributed by atoms with Crippen LogP contribution in [0, 0.1) is 18.3 Å². The first-order valence-corrected chi connectivity index (χ1v) is 7.72. The van der Waals surface area contributed by atoms with Gasteiger partial charge in [0.05, 0.1) is 11.6 Å². The Kier molecular flexibility index (Phi) is 4.18. The van der Waals surface area contributed by atoms with Crippen LogP contribution in [0.2, 0.25) is 0 Å². The van der Waals surface area contributed by atoms with Crippen LogP contribution in [-0.2, 0) is 11.3 Å². The molecule has 0 aliphatic heterocycles. The molecular weight excluding hydrogens is 358 g/mol. The molecule has 23 heavy (non-hydrogen) atoms. The molecule has 0 atom stereocenters. The summed E-state index contributed by atoms with van der Waals surface area (Å²) in [6, 6.07) is 14.5. The van der Waals surface area contributed by atoms with Crippen LogP contribution in [0.5, 0.6) is 0 Å². The number of fused-ring (bicyclic) bond motifs is 1. The van der Waals surface area contributed by atoms with E-state index in [-0.39, 0.29) is 12.4 Å². The molecular formula is C18H12BrNO3. The smallest absolute Gasteiger partial charge is 0.374 e. The monoisotopic (exact) mass is 369 g/mol. The van der Waals surface area contributed by atoms with Crippen LogP contribution in [0.4, 0.5) is 0 Å². The van der Waals surface area contributed by atoms with Gasteiger partial charge in [0.25, 0.3) is 0 Å². The Morgan fingerprint density at radius 2 is 2.00 bits per heavy atom. The molecule has 0 saturated heterocycles. The molecule has 0 unspecified atom stereocenters. The van der Waals surface area contributed by atoms with Crippen LogP contribution in [0.3, 0.4) is 0 Å². The molecule has 3 aromatic rings.